The highest BCUT2D eigenvalue weighted by molar-refractivity contribution is 14.0. The van der Waals surface area contributed by atoms with Gasteiger partial charge in [0.2, 0.25) is 11.8 Å². The lowest BCUT2D eigenvalue weighted by Crippen LogP contribution is -2.43. The van der Waals surface area contributed by atoms with Crippen molar-refractivity contribution in [1.29, 1.82) is 0 Å². The van der Waals surface area contributed by atoms with Gasteiger partial charge in [-0.3, -0.25) is 19.5 Å². The van der Waals surface area contributed by atoms with E-state index in [-0.39, 0.29) is 59.5 Å². The van der Waals surface area contributed by atoms with E-state index in [1.54, 1.807) is 7.05 Å². The van der Waals surface area contributed by atoms with Gasteiger partial charge in [-0.1, -0.05) is 36.4 Å². The molecule has 1 saturated heterocycles. The fraction of sp³-hybridized carbons (Fsp3) is 0.522. The van der Waals surface area contributed by atoms with Gasteiger partial charge in [0, 0.05) is 33.3 Å². The second-order valence-electron chi connectivity index (χ2n) is 8.09. The van der Waals surface area contributed by atoms with E-state index in [4.69, 9.17) is 4.74 Å². The first-order chi connectivity index (χ1) is 14.6. The second-order valence-corrected chi connectivity index (χ2v) is 8.09. The van der Waals surface area contributed by atoms with Crippen molar-refractivity contribution in [3.63, 3.8) is 0 Å². The summed E-state index contributed by atoms with van der Waals surface area (Å²) in [4.78, 5) is 31.2. The van der Waals surface area contributed by atoms with Crippen LogP contribution >= 0.6 is 24.0 Å². The number of carbonyl (C=O) groups excluding carboxylic acids is 2. The molecule has 1 aromatic rings. The van der Waals surface area contributed by atoms with Crippen molar-refractivity contribution in [2.24, 2.45) is 28.7 Å². The summed E-state index contributed by atoms with van der Waals surface area (Å²) in [5, 5.41) is 6.52. The Morgan fingerprint density at radius 3 is 2.35 bits per heavy atom. The maximum Gasteiger partial charge on any atom is 0.233 e. The van der Waals surface area contributed by atoms with Crippen LogP contribution in [0.1, 0.15) is 24.5 Å². The first-order valence-corrected chi connectivity index (χ1v) is 10.8. The zero-order chi connectivity index (χ0) is 21.1. The minimum absolute atomic E-state index is 0. The Balaban J connectivity index is 0.00000272. The summed E-state index contributed by atoms with van der Waals surface area (Å²) in [7, 11) is 1.71. The molecule has 1 heterocycles. The molecule has 2 amide bonds. The van der Waals surface area contributed by atoms with Crippen LogP contribution in [0.25, 0.3) is 0 Å². The van der Waals surface area contributed by atoms with Crippen molar-refractivity contribution >= 4 is 41.8 Å². The summed E-state index contributed by atoms with van der Waals surface area (Å²) in [5.74, 6) is 0.870. The highest BCUT2D eigenvalue weighted by Crippen LogP contribution is 2.52. The third-order valence-corrected chi connectivity index (χ3v) is 6.44. The largest absolute Gasteiger partial charge is 0.377 e. The van der Waals surface area contributed by atoms with Gasteiger partial charge in [-0.2, -0.15) is 0 Å². The van der Waals surface area contributed by atoms with Crippen LogP contribution in [-0.4, -0.2) is 49.4 Å². The number of hydrogen-bond acceptors (Lipinski definition) is 4. The number of amides is 2. The van der Waals surface area contributed by atoms with E-state index < -0.39 is 0 Å². The number of aliphatic imine (C=N–C) groups is 1. The van der Waals surface area contributed by atoms with E-state index in [1.807, 2.05) is 19.1 Å². The fourth-order valence-electron chi connectivity index (χ4n) is 4.95. The number of fused-ring (bicyclic) bond motifs is 5. The summed E-state index contributed by atoms with van der Waals surface area (Å²) in [6, 6.07) is 8.14. The molecule has 2 fully saturated rings. The molecule has 4 unspecified atom stereocenters. The monoisotopic (exact) mass is 538 g/mol. The normalized spacial score (nSPS) is 26.3. The lowest BCUT2D eigenvalue weighted by molar-refractivity contribution is -0.140. The summed E-state index contributed by atoms with van der Waals surface area (Å²) in [5.41, 5.74) is 2.29. The molecule has 8 heteroatoms. The number of ether oxygens (including phenoxy) is 1. The van der Waals surface area contributed by atoms with E-state index in [1.165, 1.54) is 4.90 Å². The van der Waals surface area contributed by atoms with Crippen LogP contribution in [0.5, 0.6) is 0 Å². The molecule has 2 aliphatic carbocycles. The van der Waals surface area contributed by atoms with Crippen LogP contribution in [0.3, 0.4) is 0 Å². The average Bonchev–Trinajstić information content (AvgIpc) is 3.44. The number of hydrogen-bond donors (Lipinski definition) is 2. The number of nitrogens with zero attached hydrogens (tertiary/aromatic N) is 2. The number of benzene rings is 1. The number of rotatable bonds is 8. The van der Waals surface area contributed by atoms with Crippen LogP contribution in [0, 0.1) is 23.7 Å². The number of likely N-dealkylation sites (tertiary alicyclic amines) is 1. The zero-order valence-corrected chi connectivity index (χ0v) is 20.4. The lowest BCUT2D eigenvalue weighted by atomic mass is 9.85. The molecule has 7 nitrogen and oxygen atoms in total. The van der Waals surface area contributed by atoms with Crippen molar-refractivity contribution in [1.82, 2.24) is 15.5 Å². The molecule has 168 valence electrons. The Labute approximate surface area is 200 Å². The van der Waals surface area contributed by atoms with Crippen molar-refractivity contribution in [3.8, 4) is 0 Å². The quantitative estimate of drug-likeness (QED) is 0.175. The third-order valence-electron chi connectivity index (χ3n) is 6.44. The number of halogens is 1. The lowest BCUT2D eigenvalue weighted by Gasteiger charge is -2.19. The molecule has 1 aliphatic heterocycles. The van der Waals surface area contributed by atoms with Gasteiger partial charge in [-0.15, -0.1) is 24.0 Å². The van der Waals surface area contributed by atoms with E-state index >= 15 is 0 Å². The van der Waals surface area contributed by atoms with Crippen LogP contribution in [-0.2, 0) is 27.5 Å². The van der Waals surface area contributed by atoms with E-state index in [2.05, 4.69) is 39.9 Å². The SMILES string of the molecule is CCOCc1ccccc1CNC(=NC)NCCN1C(=O)C2C3C=CC(C3)C2C1=O.I. The number of carbonyl (C=O) groups is 2. The number of imide groups is 1. The molecule has 4 rings (SSSR count). The van der Waals surface area contributed by atoms with Crippen LogP contribution in [0.15, 0.2) is 41.4 Å². The molecule has 1 aromatic carbocycles. The minimum atomic E-state index is -0.133. The Bertz CT molecular complexity index is 842. The van der Waals surface area contributed by atoms with Crippen LogP contribution < -0.4 is 10.6 Å². The Morgan fingerprint density at radius 2 is 1.74 bits per heavy atom. The first-order valence-electron chi connectivity index (χ1n) is 10.8. The van der Waals surface area contributed by atoms with Crippen LogP contribution in [0.4, 0.5) is 0 Å². The molecule has 1 saturated carbocycles. The van der Waals surface area contributed by atoms with E-state index in [0.29, 0.717) is 38.8 Å². The average molecular weight is 538 g/mol. The van der Waals surface area contributed by atoms with E-state index in [9.17, 15) is 9.59 Å². The predicted octanol–water partition coefficient (Wildman–Crippen LogP) is 2.31. The Hall–Kier alpha value is -1.94. The van der Waals surface area contributed by atoms with Gasteiger partial charge < -0.3 is 15.4 Å². The Morgan fingerprint density at radius 1 is 1.10 bits per heavy atom. The standard InChI is InChI=1S/C23H30N4O3.HI/c1-3-30-14-18-7-5-4-6-17(18)13-26-23(24-2)25-10-11-27-21(28)19-15-8-9-16(12-15)20(19)22(27)29;/h4-9,15-16,19-20H,3,10-14H2,1-2H3,(H2,24,25,26);1H. The Kier molecular flexibility index (Phi) is 8.10. The van der Waals surface area contributed by atoms with Crippen molar-refractivity contribution in [2.75, 3.05) is 26.7 Å². The first kappa shape index (κ1) is 23.7. The molecular weight excluding hydrogens is 507 g/mol. The molecule has 2 N–H and O–H groups in total. The second kappa shape index (κ2) is 10.6. The van der Waals surface area contributed by atoms with Gasteiger partial charge in [0.25, 0.3) is 0 Å². The smallest absolute Gasteiger partial charge is 0.233 e. The van der Waals surface area contributed by atoms with Gasteiger partial charge >= 0.3 is 0 Å². The molecule has 0 spiro atoms. The van der Waals surface area contributed by atoms with Gasteiger partial charge in [0.05, 0.1) is 18.4 Å². The predicted molar refractivity (Wildman–Crippen MR) is 130 cm³/mol. The molecule has 0 radical (unpaired) electrons. The maximum absolute atomic E-state index is 12.8. The molecule has 2 bridgehead atoms. The van der Waals surface area contributed by atoms with Gasteiger partial charge in [0.15, 0.2) is 5.96 Å². The molecule has 0 aromatic heterocycles. The maximum atomic E-state index is 12.8. The highest BCUT2D eigenvalue weighted by atomic mass is 127. The number of allylic oxidation sites excluding steroid dienone is 2. The number of nitrogens with one attached hydrogen (secondary N) is 2. The minimum Gasteiger partial charge on any atom is -0.377 e. The highest BCUT2D eigenvalue weighted by Gasteiger charge is 2.58. The third kappa shape index (κ3) is 4.79. The van der Waals surface area contributed by atoms with Gasteiger partial charge in [0.1, 0.15) is 0 Å². The van der Waals surface area contributed by atoms with Crippen molar-refractivity contribution in [2.45, 2.75) is 26.5 Å². The summed E-state index contributed by atoms with van der Waals surface area (Å²) in [6.07, 6.45) is 5.20. The topological polar surface area (TPSA) is 83.0 Å². The van der Waals surface area contributed by atoms with Crippen molar-refractivity contribution in [3.05, 3.63) is 47.5 Å². The molecule has 31 heavy (non-hydrogen) atoms. The molecule has 3 aliphatic rings. The van der Waals surface area contributed by atoms with Crippen LogP contribution in [0.2, 0.25) is 0 Å². The summed E-state index contributed by atoms with van der Waals surface area (Å²) >= 11 is 0. The summed E-state index contributed by atoms with van der Waals surface area (Å²) < 4.78 is 5.54. The zero-order valence-electron chi connectivity index (χ0n) is 18.0. The number of guanidine groups is 1. The van der Waals surface area contributed by atoms with E-state index in [0.717, 1.165) is 17.5 Å². The molecular formula is C23H31IN4O3. The van der Waals surface area contributed by atoms with Crippen molar-refractivity contribution < 1.29 is 14.3 Å². The van der Waals surface area contributed by atoms with Gasteiger partial charge in [-0.25, -0.2) is 0 Å². The van der Waals surface area contributed by atoms with Gasteiger partial charge in [-0.05, 0) is 36.3 Å². The molecule has 4 atom stereocenters. The summed E-state index contributed by atoms with van der Waals surface area (Å²) in [6.45, 7) is 4.70. The fourth-order valence-corrected chi connectivity index (χ4v) is 4.95.